The van der Waals surface area contributed by atoms with Crippen LogP contribution in [0.1, 0.15) is 68.2 Å². The third kappa shape index (κ3) is 7.81. The predicted octanol–water partition coefficient (Wildman–Crippen LogP) is 4.22. The molecule has 0 aromatic carbocycles. The van der Waals surface area contributed by atoms with Gasteiger partial charge in [0, 0.05) is 10.8 Å². The highest BCUT2D eigenvalue weighted by molar-refractivity contribution is 5.77. The van der Waals surface area contributed by atoms with Crippen LogP contribution in [0.15, 0.2) is 0 Å². The molecule has 0 N–H and O–H groups in total. The van der Waals surface area contributed by atoms with E-state index < -0.39 is 0 Å². The van der Waals surface area contributed by atoms with Gasteiger partial charge in [0.2, 0.25) is 0 Å². The van der Waals surface area contributed by atoms with Crippen LogP contribution < -0.4 is 0 Å². The Morgan fingerprint density at radius 2 is 1.00 bits per heavy atom. The van der Waals surface area contributed by atoms with E-state index in [0.29, 0.717) is 25.0 Å². The minimum absolute atomic E-state index is 0.0581. The summed E-state index contributed by atoms with van der Waals surface area (Å²) in [6, 6.07) is 0. The summed E-state index contributed by atoms with van der Waals surface area (Å²) >= 11 is 0. The van der Waals surface area contributed by atoms with Crippen LogP contribution >= 0.6 is 0 Å². The van der Waals surface area contributed by atoms with Crippen molar-refractivity contribution in [1.82, 2.24) is 0 Å². The van der Waals surface area contributed by atoms with Crippen LogP contribution in [0, 0.1) is 22.7 Å². The van der Waals surface area contributed by atoms with Crippen LogP contribution in [0.5, 0.6) is 0 Å². The van der Waals surface area contributed by atoms with E-state index in [1.807, 2.05) is 0 Å². The molecule has 0 aliphatic carbocycles. The molecular formula is C18H34O4. The number of hydrogen-bond donors (Lipinski definition) is 0. The minimum atomic E-state index is -0.339. The summed E-state index contributed by atoms with van der Waals surface area (Å²) in [5.41, 5.74) is -0.116. The number of rotatable bonds is 9. The molecule has 0 aliphatic rings. The van der Waals surface area contributed by atoms with Gasteiger partial charge >= 0.3 is 11.9 Å². The number of carbonyl (C=O) groups is 2. The van der Waals surface area contributed by atoms with Gasteiger partial charge < -0.3 is 9.47 Å². The SMILES string of the molecule is CC(C)C(C)(C)COC(=O)CCC(=O)OCC(C)(C)C(C)C. The monoisotopic (exact) mass is 314 g/mol. The molecule has 0 heterocycles. The fraction of sp³-hybridized carbons (Fsp3) is 0.889. The van der Waals surface area contributed by atoms with E-state index in [9.17, 15) is 9.59 Å². The third-order valence-corrected chi connectivity index (χ3v) is 4.87. The summed E-state index contributed by atoms with van der Waals surface area (Å²) in [7, 11) is 0. The van der Waals surface area contributed by atoms with Crippen molar-refractivity contribution in [2.45, 2.75) is 68.2 Å². The molecule has 0 unspecified atom stereocenters. The second kappa shape index (κ2) is 8.54. The Hall–Kier alpha value is -1.06. The van der Waals surface area contributed by atoms with Crippen molar-refractivity contribution >= 4 is 11.9 Å². The van der Waals surface area contributed by atoms with E-state index in [4.69, 9.17) is 9.47 Å². The zero-order valence-corrected chi connectivity index (χ0v) is 15.6. The summed E-state index contributed by atoms with van der Waals surface area (Å²) in [5.74, 6) is 0.162. The lowest BCUT2D eigenvalue weighted by Gasteiger charge is -2.28. The van der Waals surface area contributed by atoms with Gasteiger partial charge in [-0.2, -0.15) is 0 Å². The molecule has 0 fully saturated rings. The molecule has 0 saturated carbocycles. The molecule has 0 aromatic heterocycles. The number of ether oxygens (including phenoxy) is 2. The molecule has 130 valence electrons. The predicted molar refractivity (Wildman–Crippen MR) is 88.4 cm³/mol. The number of hydrogen-bond acceptors (Lipinski definition) is 4. The van der Waals surface area contributed by atoms with Crippen LogP contribution in [-0.4, -0.2) is 25.2 Å². The summed E-state index contributed by atoms with van der Waals surface area (Å²) in [6.45, 7) is 17.4. The molecule has 0 rings (SSSR count). The van der Waals surface area contributed by atoms with Crippen LogP contribution in [0.4, 0.5) is 0 Å². The smallest absolute Gasteiger partial charge is 0.306 e. The summed E-state index contributed by atoms with van der Waals surface area (Å²) in [6.07, 6.45) is 0.157. The van der Waals surface area contributed by atoms with Crippen molar-refractivity contribution in [3.8, 4) is 0 Å². The molecular weight excluding hydrogens is 280 g/mol. The lowest BCUT2D eigenvalue weighted by atomic mass is 9.82. The Bertz CT molecular complexity index is 331. The largest absolute Gasteiger partial charge is 0.465 e. The summed E-state index contributed by atoms with van der Waals surface area (Å²) < 4.78 is 10.5. The maximum absolute atomic E-state index is 11.7. The van der Waals surface area contributed by atoms with Gasteiger partial charge in [-0.05, 0) is 11.8 Å². The lowest BCUT2D eigenvalue weighted by Crippen LogP contribution is -2.28. The summed E-state index contributed by atoms with van der Waals surface area (Å²) in [4.78, 5) is 23.4. The van der Waals surface area contributed by atoms with Gasteiger partial charge in [0.25, 0.3) is 0 Å². The highest BCUT2D eigenvalue weighted by atomic mass is 16.5. The fourth-order valence-electron chi connectivity index (χ4n) is 1.21. The minimum Gasteiger partial charge on any atom is -0.465 e. The van der Waals surface area contributed by atoms with E-state index in [1.54, 1.807) is 0 Å². The summed E-state index contributed by atoms with van der Waals surface area (Å²) in [5, 5.41) is 0. The fourth-order valence-corrected chi connectivity index (χ4v) is 1.21. The quantitative estimate of drug-likeness (QED) is 0.598. The van der Waals surface area contributed by atoms with Crippen LogP contribution in [0.25, 0.3) is 0 Å². The first-order valence-electron chi connectivity index (χ1n) is 8.19. The van der Waals surface area contributed by atoms with Crippen molar-refractivity contribution < 1.29 is 19.1 Å². The maximum atomic E-state index is 11.7. The van der Waals surface area contributed by atoms with E-state index >= 15 is 0 Å². The van der Waals surface area contributed by atoms with Gasteiger partial charge in [0.15, 0.2) is 0 Å². The standard InChI is InChI=1S/C18H34O4/c1-13(2)17(5,6)11-21-15(19)9-10-16(20)22-12-18(7,8)14(3)4/h13-14H,9-12H2,1-8H3. The van der Waals surface area contributed by atoms with Gasteiger partial charge in [-0.25, -0.2) is 0 Å². The first-order chi connectivity index (χ1) is 9.88. The zero-order valence-electron chi connectivity index (χ0n) is 15.6. The highest BCUT2D eigenvalue weighted by Gasteiger charge is 2.26. The number of carbonyl (C=O) groups excluding carboxylic acids is 2. The van der Waals surface area contributed by atoms with Gasteiger partial charge in [-0.15, -0.1) is 0 Å². The zero-order chi connectivity index (χ0) is 17.6. The molecule has 4 heteroatoms. The van der Waals surface area contributed by atoms with Crippen molar-refractivity contribution in [2.24, 2.45) is 22.7 Å². The van der Waals surface area contributed by atoms with Gasteiger partial charge in [0.05, 0.1) is 26.1 Å². The highest BCUT2D eigenvalue weighted by Crippen LogP contribution is 2.27. The topological polar surface area (TPSA) is 52.6 Å². The number of esters is 2. The lowest BCUT2D eigenvalue weighted by molar-refractivity contribution is -0.154. The van der Waals surface area contributed by atoms with Crippen molar-refractivity contribution in [3.63, 3.8) is 0 Å². The van der Waals surface area contributed by atoms with E-state index in [-0.39, 0.29) is 35.6 Å². The maximum Gasteiger partial charge on any atom is 0.306 e. The molecule has 22 heavy (non-hydrogen) atoms. The van der Waals surface area contributed by atoms with Crippen molar-refractivity contribution in [3.05, 3.63) is 0 Å². The third-order valence-electron chi connectivity index (χ3n) is 4.87. The molecule has 0 aliphatic heterocycles. The van der Waals surface area contributed by atoms with E-state index in [1.165, 1.54) is 0 Å². The molecule has 4 nitrogen and oxygen atoms in total. The molecule has 0 atom stereocenters. The molecule has 0 bridgehead atoms. The Labute approximate surface area is 135 Å². The van der Waals surface area contributed by atoms with E-state index in [2.05, 4.69) is 55.4 Å². The van der Waals surface area contributed by atoms with Gasteiger partial charge in [0.1, 0.15) is 0 Å². The Morgan fingerprint density at radius 3 is 1.23 bits per heavy atom. The van der Waals surface area contributed by atoms with Crippen molar-refractivity contribution in [2.75, 3.05) is 13.2 Å². The molecule has 0 aromatic rings. The Balaban J connectivity index is 4.04. The van der Waals surface area contributed by atoms with Gasteiger partial charge in [-0.3, -0.25) is 9.59 Å². The van der Waals surface area contributed by atoms with Crippen LogP contribution in [0.3, 0.4) is 0 Å². The first kappa shape index (κ1) is 20.9. The van der Waals surface area contributed by atoms with E-state index in [0.717, 1.165) is 0 Å². The van der Waals surface area contributed by atoms with Crippen LogP contribution in [0.2, 0.25) is 0 Å². The van der Waals surface area contributed by atoms with Crippen molar-refractivity contribution in [1.29, 1.82) is 0 Å². The van der Waals surface area contributed by atoms with Crippen LogP contribution in [-0.2, 0) is 19.1 Å². The second-order valence-electron chi connectivity index (χ2n) is 8.11. The molecule has 0 spiro atoms. The normalized spacial score (nSPS) is 12.6. The average Bonchev–Trinajstić information content (AvgIpc) is 2.40. The molecule has 0 amide bonds. The van der Waals surface area contributed by atoms with Gasteiger partial charge in [-0.1, -0.05) is 55.4 Å². The molecule has 0 radical (unpaired) electrons. The second-order valence-corrected chi connectivity index (χ2v) is 8.11. The molecule has 0 saturated heterocycles. The first-order valence-corrected chi connectivity index (χ1v) is 8.19. The average molecular weight is 314 g/mol. The Kier molecular flexibility index (Phi) is 8.13. The Morgan fingerprint density at radius 1 is 0.727 bits per heavy atom.